The van der Waals surface area contributed by atoms with Crippen molar-refractivity contribution < 1.29 is 9.84 Å². The number of hydrogen-bond acceptors (Lipinski definition) is 3. The van der Waals surface area contributed by atoms with Gasteiger partial charge in [0.05, 0.1) is 7.11 Å². The fraction of sp³-hybridized carbons (Fsp3) is 0.333. The van der Waals surface area contributed by atoms with E-state index in [-0.39, 0.29) is 18.7 Å². The summed E-state index contributed by atoms with van der Waals surface area (Å²) in [4.78, 5) is 0. The van der Waals surface area contributed by atoms with E-state index in [2.05, 4.69) is 24.4 Å². The Morgan fingerprint density at radius 3 is 2.24 bits per heavy atom. The van der Waals surface area contributed by atoms with Crippen LogP contribution in [0, 0.1) is 0 Å². The van der Waals surface area contributed by atoms with E-state index in [0.29, 0.717) is 6.42 Å². The Morgan fingerprint density at radius 1 is 1.00 bits per heavy atom. The first-order valence-corrected chi connectivity index (χ1v) is 7.30. The lowest BCUT2D eigenvalue weighted by Crippen LogP contribution is -2.25. The molecule has 0 aliphatic heterocycles. The number of hydrogen-bond donors (Lipinski definition) is 2. The Bertz CT molecular complexity index is 525. The van der Waals surface area contributed by atoms with Crippen LogP contribution in [0.15, 0.2) is 54.6 Å². The summed E-state index contributed by atoms with van der Waals surface area (Å²) in [5.74, 6) is 0.845. The maximum Gasteiger partial charge on any atom is 0.118 e. The van der Waals surface area contributed by atoms with Crippen molar-refractivity contribution in [2.24, 2.45) is 0 Å². The third-order valence-corrected chi connectivity index (χ3v) is 3.69. The maximum absolute atomic E-state index is 9.32. The zero-order chi connectivity index (χ0) is 15.1. The van der Waals surface area contributed by atoms with Crippen molar-refractivity contribution in [1.29, 1.82) is 0 Å². The normalized spacial score (nSPS) is 13.7. The van der Waals surface area contributed by atoms with Gasteiger partial charge < -0.3 is 15.2 Å². The summed E-state index contributed by atoms with van der Waals surface area (Å²) in [6.45, 7) is 2.30. The molecule has 0 aromatic heterocycles. The van der Waals surface area contributed by atoms with Gasteiger partial charge in [0.25, 0.3) is 0 Å². The molecule has 2 rings (SSSR count). The Balaban J connectivity index is 2.11. The molecule has 2 atom stereocenters. The largest absolute Gasteiger partial charge is 0.497 e. The third-order valence-electron chi connectivity index (χ3n) is 3.69. The average Bonchev–Trinajstić information content (AvgIpc) is 2.55. The highest BCUT2D eigenvalue weighted by molar-refractivity contribution is 5.29. The van der Waals surface area contributed by atoms with E-state index in [4.69, 9.17) is 4.74 Å². The van der Waals surface area contributed by atoms with Crippen molar-refractivity contribution in [1.82, 2.24) is 5.32 Å². The number of ether oxygens (including phenoxy) is 1. The molecule has 0 radical (unpaired) electrons. The number of rotatable bonds is 7. The molecule has 21 heavy (non-hydrogen) atoms. The number of methoxy groups -OCH3 is 1. The fourth-order valence-corrected chi connectivity index (χ4v) is 2.45. The van der Waals surface area contributed by atoms with Gasteiger partial charge in [0.2, 0.25) is 0 Å². The lowest BCUT2D eigenvalue weighted by atomic mass is 10.0. The van der Waals surface area contributed by atoms with Gasteiger partial charge in [-0.15, -0.1) is 0 Å². The van der Waals surface area contributed by atoms with E-state index in [1.165, 1.54) is 5.56 Å². The van der Waals surface area contributed by atoms with Gasteiger partial charge in [-0.2, -0.15) is 0 Å². The molecule has 0 fully saturated rings. The molecule has 0 aliphatic carbocycles. The maximum atomic E-state index is 9.32. The molecule has 3 nitrogen and oxygen atoms in total. The molecule has 0 bridgehead atoms. The SMILES string of the molecule is COc1ccc(C(CCO)NC(C)c2ccccc2)cc1. The molecule has 0 spiro atoms. The van der Waals surface area contributed by atoms with Crippen LogP contribution in [0.5, 0.6) is 5.75 Å². The van der Waals surface area contributed by atoms with E-state index in [0.717, 1.165) is 11.3 Å². The highest BCUT2D eigenvalue weighted by Gasteiger charge is 2.15. The summed E-state index contributed by atoms with van der Waals surface area (Å²) >= 11 is 0. The van der Waals surface area contributed by atoms with Crippen LogP contribution in [0.25, 0.3) is 0 Å². The number of nitrogens with one attached hydrogen (secondary N) is 1. The molecule has 0 amide bonds. The van der Waals surface area contributed by atoms with Gasteiger partial charge in [0.15, 0.2) is 0 Å². The van der Waals surface area contributed by atoms with Crippen LogP contribution in [0.1, 0.15) is 36.6 Å². The van der Waals surface area contributed by atoms with Crippen LogP contribution in [0.2, 0.25) is 0 Å². The minimum Gasteiger partial charge on any atom is -0.497 e. The molecule has 0 saturated heterocycles. The van der Waals surface area contributed by atoms with E-state index in [1.54, 1.807) is 7.11 Å². The molecule has 2 aromatic carbocycles. The van der Waals surface area contributed by atoms with E-state index < -0.39 is 0 Å². The van der Waals surface area contributed by atoms with Crippen molar-refractivity contribution in [2.45, 2.75) is 25.4 Å². The second-order valence-electron chi connectivity index (χ2n) is 5.14. The number of aliphatic hydroxyl groups excluding tert-OH is 1. The molecule has 0 aliphatic rings. The first kappa shape index (κ1) is 15.5. The first-order valence-electron chi connectivity index (χ1n) is 7.30. The number of benzene rings is 2. The molecule has 0 saturated carbocycles. The minimum absolute atomic E-state index is 0.121. The second-order valence-corrected chi connectivity index (χ2v) is 5.14. The predicted octanol–water partition coefficient (Wildman–Crippen LogP) is 3.47. The Kier molecular flexibility index (Phi) is 5.78. The van der Waals surface area contributed by atoms with Gasteiger partial charge in [0.1, 0.15) is 5.75 Å². The lowest BCUT2D eigenvalue weighted by molar-refractivity contribution is 0.260. The monoisotopic (exact) mass is 285 g/mol. The van der Waals surface area contributed by atoms with Crippen molar-refractivity contribution >= 4 is 0 Å². The minimum atomic E-state index is 0.121. The summed E-state index contributed by atoms with van der Waals surface area (Å²) in [6, 6.07) is 18.7. The van der Waals surface area contributed by atoms with Crippen molar-refractivity contribution in [3.63, 3.8) is 0 Å². The molecule has 0 heterocycles. The molecular formula is C18H23NO2. The zero-order valence-electron chi connectivity index (χ0n) is 12.6. The molecule has 2 N–H and O–H groups in total. The average molecular weight is 285 g/mol. The molecule has 3 heteroatoms. The van der Waals surface area contributed by atoms with Gasteiger partial charge in [-0.3, -0.25) is 0 Å². The first-order chi connectivity index (χ1) is 10.2. The van der Waals surface area contributed by atoms with Gasteiger partial charge in [0, 0.05) is 18.7 Å². The van der Waals surface area contributed by atoms with Crippen molar-refractivity contribution in [2.75, 3.05) is 13.7 Å². The summed E-state index contributed by atoms with van der Waals surface area (Å²) in [5, 5.41) is 12.9. The fourth-order valence-electron chi connectivity index (χ4n) is 2.45. The third kappa shape index (κ3) is 4.31. The van der Waals surface area contributed by atoms with Gasteiger partial charge >= 0.3 is 0 Å². The predicted molar refractivity (Wildman–Crippen MR) is 85.4 cm³/mol. The topological polar surface area (TPSA) is 41.5 Å². The van der Waals surface area contributed by atoms with Crippen molar-refractivity contribution in [3.05, 3.63) is 65.7 Å². The summed E-state index contributed by atoms with van der Waals surface area (Å²) < 4.78 is 5.19. The van der Waals surface area contributed by atoms with Crippen LogP contribution in [0.3, 0.4) is 0 Å². The lowest BCUT2D eigenvalue weighted by Gasteiger charge is -2.24. The Labute approximate surface area is 126 Å². The Morgan fingerprint density at radius 2 is 1.67 bits per heavy atom. The van der Waals surface area contributed by atoms with Crippen LogP contribution in [-0.2, 0) is 0 Å². The number of aliphatic hydroxyl groups is 1. The molecule has 112 valence electrons. The van der Waals surface area contributed by atoms with E-state index >= 15 is 0 Å². The standard InChI is InChI=1S/C18H23NO2/c1-14(15-6-4-3-5-7-15)19-18(12-13-20)16-8-10-17(21-2)11-9-16/h3-11,14,18-20H,12-13H2,1-2H3. The van der Waals surface area contributed by atoms with Crippen LogP contribution in [-0.4, -0.2) is 18.8 Å². The summed E-state index contributed by atoms with van der Waals surface area (Å²) in [6.07, 6.45) is 0.684. The summed E-state index contributed by atoms with van der Waals surface area (Å²) in [5.41, 5.74) is 2.40. The highest BCUT2D eigenvalue weighted by Crippen LogP contribution is 2.24. The Hall–Kier alpha value is -1.84. The van der Waals surface area contributed by atoms with Crippen LogP contribution in [0.4, 0.5) is 0 Å². The van der Waals surface area contributed by atoms with Crippen LogP contribution >= 0.6 is 0 Å². The smallest absolute Gasteiger partial charge is 0.118 e. The van der Waals surface area contributed by atoms with Crippen molar-refractivity contribution in [3.8, 4) is 5.75 Å². The zero-order valence-corrected chi connectivity index (χ0v) is 12.6. The highest BCUT2D eigenvalue weighted by atomic mass is 16.5. The summed E-state index contributed by atoms with van der Waals surface area (Å²) in [7, 11) is 1.66. The second kappa shape index (κ2) is 7.81. The van der Waals surface area contributed by atoms with Gasteiger partial charge in [-0.05, 0) is 36.6 Å². The molecular weight excluding hydrogens is 262 g/mol. The van der Waals surface area contributed by atoms with E-state index in [9.17, 15) is 5.11 Å². The van der Waals surface area contributed by atoms with Gasteiger partial charge in [-0.1, -0.05) is 42.5 Å². The van der Waals surface area contributed by atoms with Crippen LogP contribution < -0.4 is 10.1 Å². The van der Waals surface area contributed by atoms with Gasteiger partial charge in [-0.25, -0.2) is 0 Å². The molecule has 2 unspecified atom stereocenters. The molecule has 2 aromatic rings. The van der Waals surface area contributed by atoms with E-state index in [1.807, 2.05) is 42.5 Å². The quantitative estimate of drug-likeness (QED) is 0.818.